The first-order valence-electron chi connectivity index (χ1n) is 12.1. The van der Waals surface area contributed by atoms with E-state index in [1.807, 2.05) is 0 Å². The van der Waals surface area contributed by atoms with Crippen LogP contribution in [0.1, 0.15) is 47.2 Å². The molecule has 5 aromatic carbocycles. The highest BCUT2D eigenvalue weighted by molar-refractivity contribution is 5.92. The van der Waals surface area contributed by atoms with Crippen molar-refractivity contribution < 1.29 is 0 Å². The first-order chi connectivity index (χ1) is 16.6. The molecule has 0 amide bonds. The van der Waals surface area contributed by atoms with Gasteiger partial charge in [-0.05, 0) is 67.8 Å². The second kappa shape index (κ2) is 6.81. The lowest BCUT2D eigenvalue weighted by atomic mass is 9.67. The molecule has 0 saturated heterocycles. The van der Waals surface area contributed by atoms with Crippen molar-refractivity contribution in [2.24, 2.45) is 0 Å². The van der Waals surface area contributed by atoms with Crippen LogP contribution in [0.3, 0.4) is 0 Å². The van der Waals surface area contributed by atoms with E-state index in [2.05, 4.69) is 135 Å². The van der Waals surface area contributed by atoms with Crippen LogP contribution in [0.4, 0.5) is 0 Å². The van der Waals surface area contributed by atoms with Crippen molar-refractivity contribution >= 4 is 0 Å². The molecule has 2 aliphatic rings. The van der Waals surface area contributed by atoms with E-state index in [0.717, 1.165) is 0 Å². The number of rotatable bonds is 2. The van der Waals surface area contributed by atoms with Crippen LogP contribution in [-0.2, 0) is 10.8 Å². The lowest BCUT2D eigenvalue weighted by Crippen LogP contribution is -2.28. The largest absolute Gasteiger partial charge is 0.0713 e. The van der Waals surface area contributed by atoms with Crippen LogP contribution in [0.2, 0.25) is 0 Å². The minimum atomic E-state index is -0.342. The Balaban J connectivity index is 1.66. The third-order valence-electron chi connectivity index (χ3n) is 8.16. The molecule has 0 spiro atoms. The minimum absolute atomic E-state index is 0.0132. The van der Waals surface area contributed by atoms with Crippen molar-refractivity contribution in [3.8, 4) is 22.3 Å². The maximum atomic E-state index is 2.51. The van der Waals surface area contributed by atoms with Gasteiger partial charge in [0.1, 0.15) is 0 Å². The van der Waals surface area contributed by atoms with Crippen molar-refractivity contribution in [2.45, 2.75) is 24.7 Å². The summed E-state index contributed by atoms with van der Waals surface area (Å²) in [4.78, 5) is 0. The Labute approximate surface area is 201 Å². The van der Waals surface area contributed by atoms with Gasteiger partial charge in [0.25, 0.3) is 0 Å². The highest BCUT2D eigenvalue weighted by Crippen LogP contribution is 2.59. The predicted molar refractivity (Wildman–Crippen MR) is 141 cm³/mol. The zero-order chi connectivity index (χ0) is 22.9. The van der Waals surface area contributed by atoms with E-state index >= 15 is 0 Å². The average Bonchev–Trinajstić information content (AvgIpc) is 3.31. The Morgan fingerprint density at radius 3 is 1.44 bits per heavy atom. The molecule has 0 aliphatic heterocycles. The van der Waals surface area contributed by atoms with Gasteiger partial charge in [-0.3, -0.25) is 0 Å². The predicted octanol–water partition coefficient (Wildman–Crippen LogP) is 8.36. The lowest BCUT2D eigenvalue weighted by Gasteiger charge is -2.34. The summed E-state index contributed by atoms with van der Waals surface area (Å²) in [6.07, 6.45) is 0. The van der Waals surface area contributed by atoms with Crippen molar-refractivity contribution in [1.29, 1.82) is 0 Å². The first-order valence-corrected chi connectivity index (χ1v) is 12.1. The monoisotopic (exact) mass is 434 g/mol. The van der Waals surface area contributed by atoms with Gasteiger partial charge in [0.05, 0.1) is 5.41 Å². The highest BCUT2D eigenvalue weighted by Gasteiger charge is 2.48. The molecule has 0 unspecified atom stereocenters. The van der Waals surface area contributed by atoms with Gasteiger partial charge >= 0.3 is 0 Å². The first kappa shape index (κ1) is 19.6. The molecule has 162 valence electrons. The van der Waals surface area contributed by atoms with E-state index in [-0.39, 0.29) is 10.8 Å². The van der Waals surface area contributed by atoms with E-state index < -0.39 is 0 Å². The fraction of sp³-hybridized carbons (Fsp3) is 0.118. The summed E-state index contributed by atoms with van der Waals surface area (Å²) in [7, 11) is 0. The molecule has 0 heteroatoms. The van der Waals surface area contributed by atoms with Crippen LogP contribution in [0.5, 0.6) is 0 Å². The van der Waals surface area contributed by atoms with Gasteiger partial charge in [0.2, 0.25) is 0 Å². The number of fused-ring (bicyclic) bond motifs is 6. The summed E-state index contributed by atoms with van der Waals surface area (Å²) < 4.78 is 0. The third-order valence-corrected chi connectivity index (χ3v) is 8.16. The van der Waals surface area contributed by atoms with E-state index in [1.165, 1.54) is 55.6 Å². The normalized spacial score (nSPS) is 15.8. The molecule has 5 aromatic rings. The number of benzene rings is 5. The molecule has 0 aromatic heterocycles. The van der Waals surface area contributed by atoms with Crippen LogP contribution in [0.15, 0.2) is 121 Å². The smallest absolute Gasteiger partial charge is 0.0622 e. The molecule has 0 nitrogen and oxygen atoms in total. The molecule has 0 N–H and O–H groups in total. The molecular weight excluding hydrogens is 408 g/mol. The second-order valence-electron chi connectivity index (χ2n) is 10.1. The molecule has 0 radical (unpaired) electrons. The standard InChI is InChI=1S/C34H26/c1-33(2)29-19-11-9-17-25(29)27-22-32-28(21-31(27)33)26-18-10-12-20-30(26)34(32,23-13-5-3-6-14-23)24-15-7-4-8-16-24/h3-22H,1-2H3. The quantitative estimate of drug-likeness (QED) is 0.257. The maximum Gasteiger partial charge on any atom is 0.0713 e. The number of hydrogen-bond donors (Lipinski definition) is 0. The third kappa shape index (κ3) is 2.33. The molecule has 0 fully saturated rings. The van der Waals surface area contributed by atoms with Gasteiger partial charge in [0.15, 0.2) is 0 Å². The molecule has 2 aliphatic carbocycles. The Kier molecular flexibility index (Phi) is 3.92. The van der Waals surface area contributed by atoms with E-state index in [4.69, 9.17) is 0 Å². The Bertz CT molecular complexity index is 1520. The van der Waals surface area contributed by atoms with Crippen LogP contribution >= 0.6 is 0 Å². The Morgan fingerprint density at radius 2 is 0.824 bits per heavy atom. The average molecular weight is 435 g/mol. The SMILES string of the molecule is CC1(C)c2ccccc2-c2cc3c(cc21)-c1ccccc1C3(c1ccccc1)c1ccccc1. The summed E-state index contributed by atoms with van der Waals surface area (Å²) in [6.45, 7) is 4.74. The van der Waals surface area contributed by atoms with E-state index in [1.54, 1.807) is 0 Å². The molecule has 0 atom stereocenters. The minimum Gasteiger partial charge on any atom is -0.0622 e. The molecule has 34 heavy (non-hydrogen) atoms. The molecule has 0 saturated carbocycles. The van der Waals surface area contributed by atoms with Gasteiger partial charge in [-0.1, -0.05) is 123 Å². The van der Waals surface area contributed by atoms with E-state index in [0.29, 0.717) is 0 Å². The van der Waals surface area contributed by atoms with Crippen molar-refractivity contribution in [1.82, 2.24) is 0 Å². The summed E-state index contributed by atoms with van der Waals surface area (Å²) in [5, 5.41) is 0. The maximum absolute atomic E-state index is 2.51. The van der Waals surface area contributed by atoms with Crippen molar-refractivity contribution in [3.05, 3.63) is 155 Å². The molecule has 7 rings (SSSR count). The van der Waals surface area contributed by atoms with Crippen LogP contribution in [-0.4, -0.2) is 0 Å². The van der Waals surface area contributed by atoms with E-state index in [9.17, 15) is 0 Å². The second-order valence-corrected chi connectivity index (χ2v) is 10.1. The molecular formula is C34H26. The van der Waals surface area contributed by atoms with Crippen LogP contribution < -0.4 is 0 Å². The Morgan fingerprint density at radius 1 is 0.382 bits per heavy atom. The van der Waals surface area contributed by atoms with Crippen molar-refractivity contribution in [3.63, 3.8) is 0 Å². The topological polar surface area (TPSA) is 0 Å². The molecule has 0 bridgehead atoms. The van der Waals surface area contributed by atoms with Gasteiger partial charge in [0, 0.05) is 5.41 Å². The summed E-state index contributed by atoms with van der Waals surface area (Å²) in [6, 6.07) is 45.1. The number of hydrogen-bond acceptors (Lipinski definition) is 0. The zero-order valence-electron chi connectivity index (χ0n) is 19.5. The van der Waals surface area contributed by atoms with Gasteiger partial charge in [-0.2, -0.15) is 0 Å². The van der Waals surface area contributed by atoms with Crippen molar-refractivity contribution in [2.75, 3.05) is 0 Å². The summed E-state index contributed by atoms with van der Waals surface area (Å²) >= 11 is 0. The fourth-order valence-corrected chi connectivity index (χ4v) is 6.64. The van der Waals surface area contributed by atoms with Gasteiger partial charge < -0.3 is 0 Å². The summed E-state index contributed by atoms with van der Waals surface area (Å²) in [5.41, 5.74) is 13.4. The highest BCUT2D eigenvalue weighted by atomic mass is 14.5. The summed E-state index contributed by atoms with van der Waals surface area (Å²) in [5.74, 6) is 0. The van der Waals surface area contributed by atoms with Crippen LogP contribution in [0.25, 0.3) is 22.3 Å². The van der Waals surface area contributed by atoms with Gasteiger partial charge in [-0.25, -0.2) is 0 Å². The lowest BCUT2D eigenvalue weighted by molar-refractivity contribution is 0.660. The fourth-order valence-electron chi connectivity index (χ4n) is 6.64. The Hall–Kier alpha value is -3.90. The van der Waals surface area contributed by atoms with Gasteiger partial charge in [-0.15, -0.1) is 0 Å². The van der Waals surface area contributed by atoms with Crippen LogP contribution in [0, 0.1) is 0 Å². The molecule has 0 heterocycles. The zero-order valence-corrected chi connectivity index (χ0v) is 19.5.